The Kier molecular flexibility index (Phi) is 3.37. The van der Waals surface area contributed by atoms with E-state index in [1.165, 1.54) is 10.9 Å². The largest absolute Gasteiger partial charge is 0.452 e. The van der Waals surface area contributed by atoms with Crippen molar-refractivity contribution in [2.75, 3.05) is 0 Å². The van der Waals surface area contributed by atoms with Crippen LogP contribution in [0, 0.1) is 0 Å². The summed E-state index contributed by atoms with van der Waals surface area (Å²) in [7, 11) is 0. The fraction of sp³-hybridized carbons (Fsp3) is 0.111. The first-order valence-corrected chi connectivity index (χ1v) is 5.78. The monoisotopic (exact) mass is 322 g/mol. The van der Waals surface area contributed by atoms with Crippen LogP contribution in [-0.2, 0) is 6.54 Å². The average Bonchev–Trinajstić information content (AvgIpc) is 2.65. The van der Waals surface area contributed by atoms with Crippen LogP contribution in [0.15, 0.2) is 32.2 Å². The van der Waals surface area contributed by atoms with Gasteiger partial charge in [0.15, 0.2) is 4.67 Å². The zero-order valence-electron chi connectivity index (χ0n) is 7.78. The van der Waals surface area contributed by atoms with Gasteiger partial charge in [-0.25, -0.2) is 4.68 Å². The van der Waals surface area contributed by atoms with Crippen LogP contribution in [0.25, 0.3) is 0 Å². The molecule has 0 aromatic carbocycles. The van der Waals surface area contributed by atoms with E-state index in [0.717, 1.165) is 0 Å². The molecule has 0 bridgehead atoms. The van der Waals surface area contributed by atoms with Crippen LogP contribution >= 0.6 is 39.1 Å². The Morgan fingerprint density at radius 2 is 2.19 bits per heavy atom. The third-order valence-corrected chi connectivity index (χ3v) is 3.05. The van der Waals surface area contributed by atoms with E-state index in [1.54, 1.807) is 12.1 Å². The Hall–Kier alpha value is -0.780. The van der Waals surface area contributed by atoms with E-state index < -0.39 is 5.56 Å². The molecular weight excluding hydrogens is 319 g/mol. The molecule has 0 radical (unpaired) electrons. The van der Waals surface area contributed by atoms with E-state index in [9.17, 15) is 4.79 Å². The first-order chi connectivity index (χ1) is 7.58. The second-order valence-electron chi connectivity index (χ2n) is 2.98. The molecule has 0 spiro atoms. The van der Waals surface area contributed by atoms with E-state index in [-0.39, 0.29) is 16.6 Å². The molecule has 0 unspecified atom stereocenters. The molecule has 0 saturated carbocycles. The van der Waals surface area contributed by atoms with Crippen molar-refractivity contribution in [1.29, 1.82) is 0 Å². The maximum atomic E-state index is 11.6. The number of hydrogen-bond acceptors (Lipinski definition) is 3. The third-order valence-electron chi connectivity index (χ3n) is 1.88. The predicted octanol–water partition coefficient (Wildman–Crippen LogP) is 2.95. The molecule has 16 heavy (non-hydrogen) atoms. The SMILES string of the molecule is O=c1c(Cl)c(Cl)cnn1Cc1ccc(Br)o1. The standard InChI is InChI=1S/C9H5BrCl2N2O2/c10-7-2-1-5(16-7)4-14-9(15)8(12)6(11)3-13-14/h1-3H,4H2. The first-order valence-electron chi connectivity index (χ1n) is 4.23. The second-order valence-corrected chi connectivity index (χ2v) is 4.54. The summed E-state index contributed by atoms with van der Waals surface area (Å²) in [4.78, 5) is 11.6. The Labute approximate surface area is 109 Å². The fourth-order valence-electron chi connectivity index (χ4n) is 1.14. The van der Waals surface area contributed by atoms with Crippen molar-refractivity contribution in [3.8, 4) is 0 Å². The molecule has 0 amide bonds. The van der Waals surface area contributed by atoms with Gasteiger partial charge in [0, 0.05) is 0 Å². The number of aromatic nitrogens is 2. The van der Waals surface area contributed by atoms with Crippen LogP contribution < -0.4 is 5.56 Å². The van der Waals surface area contributed by atoms with Gasteiger partial charge >= 0.3 is 0 Å². The van der Waals surface area contributed by atoms with Crippen LogP contribution in [0.1, 0.15) is 5.76 Å². The highest BCUT2D eigenvalue weighted by Crippen LogP contribution is 2.16. The second kappa shape index (κ2) is 4.61. The van der Waals surface area contributed by atoms with Crippen molar-refractivity contribution in [3.63, 3.8) is 0 Å². The number of hydrogen-bond donors (Lipinski definition) is 0. The molecule has 0 aliphatic heterocycles. The summed E-state index contributed by atoms with van der Waals surface area (Å²) in [6, 6.07) is 3.47. The quantitative estimate of drug-likeness (QED) is 0.853. The Morgan fingerprint density at radius 1 is 1.44 bits per heavy atom. The van der Waals surface area contributed by atoms with Crippen LogP contribution in [0.2, 0.25) is 10.0 Å². The normalized spacial score (nSPS) is 10.7. The maximum Gasteiger partial charge on any atom is 0.287 e. The minimum atomic E-state index is -0.443. The minimum absolute atomic E-state index is 0.0395. The molecule has 0 aliphatic rings. The lowest BCUT2D eigenvalue weighted by Crippen LogP contribution is -2.23. The van der Waals surface area contributed by atoms with E-state index in [4.69, 9.17) is 27.6 Å². The van der Waals surface area contributed by atoms with Gasteiger partial charge < -0.3 is 4.42 Å². The van der Waals surface area contributed by atoms with Crippen molar-refractivity contribution in [1.82, 2.24) is 9.78 Å². The molecule has 0 aliphatic carbocycles. The summed E-state index contributed by atoms with van der Waals surface area (Å²) >= 11 is 14.5. The van der Waals surface area contributed by atoms with Gasteiger partial charge in [-0.05, 0) is 28.1 Å². The van der Waals surface area contributed by atoms with Crippen molar-refractivity contribution in [2.45, 2.75) is 6.54 Å². The van der Waals surface area contributed by atoms with Gasteiger partial charge in [-0.3, -0.25) is 4.79 Å². The lowest BCUT2D eigenvalue weighted by Gasteiger charge is -2.02. The number of furan rings is 1. The summed E-state index contributed by atoms with van der Waals surface area (Å²) in [6.45, 7) is 0.210. The molecule has 0 N–H and O–H groups in total. The van der Waals surface area contributed by atoms with E-state index in [0.29, 0.717) is 10.4 Å². The topological polar surface area (TPSA) is 48.0 Å². The first kappa shape index (κ1) is 11.7. The van der Waals surface area contributed by atoms with Gasteiger partial charge in [0.25, 0.3) is 5.56 Å². The summed E-state index contributed by atoms with van der Waals surface area (Å²) in [5.74, 6) is 0.597. The summed E-state index contributed by atoms with van der Waals surface area (Å²) in [5.41, 5.74) is -0.443. The number of nitrogens with zero attached hydrogens (tertiary/aromatic N) is 2. The van der Waals surface area contributed by atoms with Gasteiger partial charge in [0.05, 0.1) is 11.2 Å². The van der Waals surface area contributed by atoms with Crippen molar-refractivity contribution >= 4 is 39.1 Å². The third kappa shape index (κ3) is 2.31. The molecule has 7 heteroatoms. The lowest BCUT2D eigenvalue weighted by molar-refractivity contribution is 0.455. The van der Waals surface area contributed by atoms with Gasteiger partial charge in [0.1, 0.15) is 17.3 Å². The molecule has 84 valence electrons. The molecule has 2 aromatic rings. The van der Waals surface area contributed by atoms with Crippen molar-refractivity contribution in [2.24, 2.45) is 0 Å². The van der Waals surface area contributed by atoms with E-state index in [1.807, 2.05) is 0 Å². The Balaban J connectivity index is 2.36. The zero-order valence-corrected chi connectivity index (χ0v) is 10.9. The zero-order chi connectivity index (χ0) is 11.7. The van der Waals surface area contributed by atoms with Gasteiger partial charge in [0.2, 0.25) is 0 Å². The van der Waals surface area contributed by atoms with Crippen LogP contribution in [0.3, 0.4) is 0 Å². The fourth-order valence-corrected chi connectivity index (χ4v) is 1.75. The highest BCUT2D eigenvalue weighted by atomic mass is 79.9. The molecule has 0 fully saturated rings. The molecule has 4 nitrogen and oxygen atoms in total. The van der Waals surface area contributed by atoms with E-state index in [2.05, 4.69) is 21.0 Å². The Bertz CT molecular complexity index is 579. The minimum Gasteiger partial charge on any atom is -0.452 e. The predicted molar refractivity (Wildman–Crippen MR) is 64.0 cm³/mol. The van der Waals surface area contributed by atoms with Crippen LogP contribution in [0.5, 0.6) is 0 Å². The van der Waals surface area contributed by atoms with Gasteiger partial charge in [-0.15, -0.1) is 0 Å². The summed E-state index contributed by atoms with van der Waals surface area (Å²) < 4.78 is 7.03. The lowest BCUT2D eigenvalue weighted by atomic mass is 10.4. The molecule has 2 aromatic heterocycles. The average molecular weight is 324 g/mol. The maximum absolute atomic E-state index is 11.6. The van der Waals surface area contributed by atoms with Crippen molar-refractivity contribution in [3.05, 3.63) is 49.2 Å². The molecule has 0 atom stereocenters. The van der Waals surface area contributed by atoms with Gasteiger partial charge in [-0.1, -0.05) is 23.2 Å². The summed E-state index contributed by atoms with van der Waals surface area (Å²) in [6.07, 6.45) is 1.32. The number of halogens is 3. The molecular formula is C9H5BrCl2N2O2. The molecule has 2 rings (SSSR count). The molecule has 0 saturated heterocycles. The highest BCUT2D eigenvalue weighted by molar-refractivity contribution is 9.10. The van der Waals surface area contributed by atoms with Crippen LogP contribution in [-0.4, -0.2) is 9.78 Å². The smallest absolute Gasteiger partial charge is 0.287 e. The van der Waals surface area contributed by atoms with Crippen LogP contribution in [0.4, 0.5) is 0 Å². The van der Waals surface area contributed by atoms with Gasteiger partial charge in [-0.2, -0.15) is 5.10 Å². The van der Waals surface area contributed by atoms with E-state index >= 15 is 0 Å². The summed E-state index contributed by atoms with van der Waals surface area (Å²) in [5, 5.41) is 3.96. The number of rotatable bonds is 2. The molecule has 2 heterocycles. The Morgan fingerprint density at radius 3 is 2.81 bits per heavy atom. The van der Waals surface area contributed by atoms with Crippen molar-refractivity contribution < 1.29 is 4.42 Å². The highest BCUT2D eigenvalue weighted by Gasteiger charge is 2.09.